The lowest BCUT2D eigenvalue weighted by molar-refractivity contribution is -0.912. The Morgan fingerprint density at radius 2 is 1.79 bits per heavy atom. The van der Waals surface area contributed by atoms with E-state index in [1.807, 2.05) is 0 Å². The molecule has 3 rings (SSSR count). The number of fused-ring (bicyclic) bond motifs is 1. The van der Waals surface area contributed by atoms with Gasteiger partial charge in [-0.3, -0.25) is 4.79 Å². The van der Waals surface area contributed by atoms with Gasteiger partial charge >= 0.3 is 0 Å². The van der Waals surface area contributed by atoms with Gasteiger partial charge in [-0.05, 0) is 37.3 Å². The Morgan fingerprint density at radius 3 is 2.45 bits per heavy atom. The van der Waals surface area contributed by atoms with E-state index < -0.39 is 0 Å². The van der Waals surface area contributed by atoms with E-state index in [9.17, 15) is 9.18 Å². The lowest BCUT2D eigenvalue weighted by Crippen LogP contribution is -3.11. The first-order chi connectivity index (χ1) is 14.0. The van der Waals surface area contributed by atoms with E-state index >= 15 is 0 Å². The van der Waals surface area contributed by atoms with Crippen molar-refractivity contribution in [3.63, 3.8) is 0 Å². The fraction of sp³-hybridized carbons (Fsp3) is 0.333. The van der Waals surface area contributed by atoms with Gasteiger partial charge in [-0.15, -0.1) is 0 Å². The Kier molecular flexibility index (Phi) is 6.66. The number of nitrogens with zero attached hydrogens (tertiary/aromatic N) is 1. The van der Waals surface area contributed by atoms with Crippen molar-refractivity contribution in [3.05, 3.63) is 58.4 Å². The second kappa shape index (κ2) is 9.38. The van der Waals surface area contributed by atoms with Crippen LogP contribution in [0.4, 0.5) is 4.39 Å². The van der Waals surface area contributed by atoms with Crippen LogP contribution in [0.1, 0.15) is 12.7 Å². The lowest BCUT2D eigenvalue weighted by Gasteiger charge is -2.17. The van der Waals surface area contributed by atoms with E-state index in [0.29, 0.717) is 53.7 Å². The molecule has 1 heterocycles. The molecule has 0 aliphatic heterocycles. The number of likely N-dealkylation sites (N-methyl/N-ethyl adjacent to an activating group) is 1. The molecule has 8 heteroatoms. The third-order valence-electron chi connectivity index (χ3n) is 4.72. The third-order valence-corrected chi connectivity index (χ3v) is 4.72. The summed E-state index contributed by atoms with van der Waals surface area (Å²) in [5.41, 5.74) is 0.336. The SMILES string of the molecule is CC[NH+](CCOc1ccc(F)cc1)Cc1nc2cc(OC)c(OC)cc2c(=O)[nH]1. The van der Waals surface area contributed by atoms with Crippen molar-refractivity contribution in [1.82, 2.24) is 9.97 Å². The van der Waals surface area contributed by atoms with Gasteiger partial charge < -0.3 is 24.1 Å². The molecular formula is C21H25FN3O4+. The molecule has 1 aromatic heterocycles. The van der Waals surface area contributed by atoms with Gasteiger partial charge in [0.1, 0.15) is 31.3 Å². The number of hydrogen-bond acceptors (Lipinski definition) is 5. The Hall–Kier alpha value is -3.13. The van der Waals surface area contributed by atoms with Crippen LogP contribution in [0.15, 0.2) is 41.2 Å². The summed E-state index contributed by atoms with van der Waals surface area (Å²) in [7, 11) is 3.07. The maximum absolute atomic E-state index is 13.0. The van der Waals surface area contributed by atoms with Crippen molar-refractivity contribution in [3.8, 4) is 17.2 Å². The molecule has 0 fully saturated rings. The normalized spacial score (nSPS) is 12.0. The Bertz CT molecular complexity index is 1020. The quantitative estimate of drug-likeness (QED) is 0.568. The number of ether oxygens (including phenoxy) is 3. The molecule has 0 spiro atoms. The van der Waals surface area contributed by atoms with Gasteiger partial charge in [-0.2, -0.15) is 0 Å². The van der Waals surface area contributed by atoms with Gasteiger partial charge in [-0.1, -0.05) is 0 Å². The van der Waals surface area contributed by atoms with Crippen LogP contribution >= 0.6 is 0 Å². The molecule has 7 nitrogen and oxygen atoms in total. The molecule has 1 unspecified atom stereocenters. The van der Waals surface area contributed by atoms with E-state index in [1.165, 1.54) is 24.1 Å². The van der Waals surface area contributed by atoms with Crippen molar-refractivity contribution >= 4 is 10.9 Å². The number of benzene rings is 2. The molecule has 3 aromatic rings. The minimum atomic E-state index is -0.293. The second-order valence-electron chi connectivity index (χ2n) is 6.57. The molecule has 0 saturated heterocycles. The van der Waals surface area contributed by atoms with Gasteiger partial charge in [0.05, 0.1) is 31.7 Å². The van der Waals surface area contributed by atoms with Gasteiger partial charge in [0.2, 0.25) is 0 Å². The molecule has 0 aliphatic rings. The van der Waals surface area contributed by atoms with Gasteiger partial charge in [0, 0.05) is 6.07 Å². The van der Waals surface area contributed by atoms with E-state index in [-0.39, 0.29) is 11.4 Å². The standard InChI is InChI=1S/C21H24FN3O4/c1-4-25(9-10-29-15-7-5-14(22)6-8-15)13-20-23-17-12-19(28-3)18(27-2)11-16(17)21(26)24-20/h5-8,11-12H,4,9-10,13H2,1-3H3,(H,23,24,26)/p+1. The zero-order valence-electron chi connectivity index (χ0n) is 16.8. The van der Waals surface area contributed by atoms with Crippen LogP contribution in [0.2, 0.25) is 0 Å². The van der Waals surface area contributed by atoms with E-state index in [4.69, 9.17) is 14.2 Å². The van der Waals surface area contributed by atoms with Gasteiger partial charge in [0.25, 0.3) is 5.56 Å². The van der Waals surface area contributed by atoms with Crippen molar-refractivity contribution in [2.24, 2.45) is 0 Å². The number of rotatable bonds is 9. The van der Waals surface area contributed by atoms with Crippen LogP contribution in [0.3, 0.4) is 0 Å². The number of methoxy groups -OCH3 is 2. The van der Waals surface area contributed by atoms with Gasteiger partial charge in [-0.25, -0.2) is 9.37 Å². The van der Waals surface area contributed by atoms with Crippen LogP contribution in [0.25, 0.3) is 10.9 Å². The first-order valence-corrected chi connectivity index (χ1v) is 9.41. The first-order valence-electron chi connectivity index (χ1n) is 9.41. The van der Waals surface area contributed by atoms with Crippen LogP contribution < -0.4 is 24.7 Å². The summed E-state index contributed by atoms with van der Waals surface area (Å²) in [5.74, 6) is 1.93. The maximum atomic E-state index is 13.0. The van der Waals surface area contributed by atoms with Crippen molar-refractivity contribution in [1.29, 1.82) is 0 Å². The molecule has 0 amide bonds. The highest BCUT2D eigenvalue weighted by molar-refractivity contribution is 5.81. The number of hydrogen-bond donors (Lipinski definition) is 2. The van der Waals surface area contributed by atoms with Crippen molar-refractivity contribution in [2.75, 3.05) is 33.9 Å². The number of halogens is 1. The number of aromatic nitrogens is 2. The highest BCUT2D eigenvalue weighted by atomic mass is 19.1. The zero-order chi connectivity index (χ0) is 20.8. The van der Waals surface area contributed by atoms with E-state index in [0.717, 1.165) is 6.54 Å². The summed E-state index contributed by atoms with van der Waals surface area (Å²) >= 11 is 0. The molecule has 1 atom stereocenters. The van der Waals surface area contributed by atoms with E-state index in [1.54, 1.807) is 31.4 Å². The molecule has 0 aliphatic carbocycles. The van der Waals surface area contributed by atoms with E-state index in [2.05, 4.69) is 16.9 Å². The van der Waals surface area contributed by atoms with Crippen LogP contribution in [0, 0.1) is 5.82 Å². The summed E-state index contributed by atoms with van der Waals surface area (Å²) < 4.78 is 29.2. The Balaban J connectivity index is 1.71. The largest absolute Gasteiger partial charge is 0.493 e. The summed E-state index contributed by atoms with van der Waals surface area (Å²) in [5, 5.41) is 0.448. The highest BCUT2D eigenvalue weighted by Crippen LogP contribution is 2.29. The predicted octanol–water partition coefficient (Wildman–Crippen LogP) is 1.56. The Morgan fingerprint density at radius 1 is 1.10 bits per heavy atom. The summed E-state index contributed by atoms with van der Waals surface area (Å²) in [6.45, 7) is 4.61. The number of aromatic amines is 1. The molecule has 2 N–H and O–H groups in total. The summed E-state index contributed by atoms with van der Waals surface area (Å²) in [4.78, 5) is 21.1. The topological polar surface area (TPSA) is 77.9 Å². The molecule has 0 bridgehead atoms. The second-order valence-corrected chi connectivity index (χ2v) is 6.57. The average Bonchev–Trinajstić information content (AvgIpc) is 2.73. The molecule has 2 aromatic carbocycles. The summed E-state index contributed by atoms with van der Waals surface area (Å²) in [6, 6.07) is 9.27. The Labute approximate surface area is 168 Å². The fourth-order valence-electron chi connectivity index (χ4n) is 3.07. The fourth-order valence-corrected chi connectivity index (χ4v) is 3.07. The van der Waals surface area contributed by atoms with Crippen LogP contribution in [-0.2, 0) is 6.54 Å². The smallest absolute Gasteiger partial charge is 0.259 e. The monoisotopic (exact) mass is 402 g/mol. The van der Waals surface area contributed by atoms with Crippen molar-refractivity contribution < 1.29 is 23.5 Å². The summed E-state index contributed by atoms with van der Waals surface area (Å²) in [6.07, 6.45) is 0. The maximum Gasteiger partial charge on any atom is 0.259 e. The lowest BCUT2D eigenvalue weighted by atomic mass is 10.2. The molecule has 0 saturated carbocycles. The number of H-pyrrole nitrogens is 1. The molecule has 29 heavy (non-hydrogen) atoms. The highest BCUT2D eigenvalue weighted by Gasteiger charge is 2.14. The number of nitrogens with one attached hydrogen (secondary N) is 2. The van der Waals surface area contributed by atoms with Crippen molar-refractivity contribution in [2.45, 2.75) is 13.5 Å². The molecular weight excluding hydrogens is 377 g/mol. The minimum absolute atomic E-state index is 0.219. The third kappa shape index (κ3) is 5.03. The molecule has 154 valence electrons. The van der Waals surface area contributed by atoms with Crippen LogP contribution in [-0.4, -0.2) is 43.9 Å². The van der Waals surface area contributed by atoms with Crippen LogP contribution in [0.5, 0.6) is 17.2 Å². The number of quaternary nitrogens is 1. The molecule has 0 radical (unpaired) electrons. The zero-order valence-corrected chi connectivity index (χ0v) is 16.8. The van der Waals surface area contributed by atoms with Gasteiger partial charge in [0.15, 0.2) is 17.3 Å². The average molecular weight is 402 g/mol. The first kappa shape index (κ1) is 20.6. The predicted molar refractivity (Wildman–Crippen MR) is 107 cm³/mol. The minimum Gasteiger partial charge on any atom is -0.493 e.